The number of ether oxygens (including phenoxy) is 2. The molecular formula is C12H23NO2. The Kier molecular flexibility index (Phi) is 3.65. The molecule has 3 unspecified atom stereocenters. The summed E-state index contributed by atoms with van der Waals surface area (Å²) in [5.74, 6) is 0.961. The molecule has 2 fully saturated rings. The Bertz CT molecular complexity index is 206. The van der Waals surface area contributed by atoms with E-state index < -0.39 is 0 Å². The standard InChI is InChI=1S/C12H23NO2/c1-9-11(6-7-12(14-3)15-9)13(2)8-10-4-5-10/h9-12H,4-8H2,1-3H3. The maximum Gasteiger partial charge on any atom is 0.157 e. The van der Waals surface area contributed by atoms with Crippen molar-refractivity contribution in [1.29, 1.82) is 0 Å². The van der Waals surface area contributed by atoms with E-state index in [2.05, 4.69) is 18.9 Å². The quantitative estimate of drug-likeness (QED) is 0.711. The van der Waals surface area contributed by atoms with Crippen LogP contribution in [0.4, 0.5) is 0 Å². The zero-order chi connectivity index (χ0) is 10.8. The SMILES string of the molecule is COC1CCC(N(C)CC2CC2)C(C)O1. The second-order valence-corrected chi connectivity index (χ2v) is 5.03. The van der Waals surface area contributed by atoms with Gasteiger partial charge in [0.2, 0.25) is 0 Å². The Morgan fingerprint density at radius 2 is 2.00 bits per heavy atom. The van der Waals surface area contributed by atoms with Crippen molar-refractivity contribution in [2.45, 2.75) is 51.0 Å². The van der Waals surface area contributed by atoms with Gasteiger partial charge in [-0.25, -0.2) is 0 Å². The van der Waals surface area contributed by atoms with E-state index in [1.54, 1.807) is 7.11 Å². The molecule has 0 N–H and O–H groups in total. The summed E-state index contributed by atoms with van der Waals surface area (Å²) >= 11 is 0. The highest BCUT2D eigenvalue weighted by Crippen LogP contribution is 2.32. The summed E-state index contributed by atoms with van der Waals surface area (Å²) in [6, 6.07) is 0.581. The van der Waals surface area contributed by atoms with Gasteiger partial charge in [-0.05, 0) is 45.6 Å². The van der Waals surface area contributed by atoms with Crippen molar-refractivity contribution in [2.75, 3.05) is 20.7 Å². The molecule has 1 aliphatic carbocycles. The lowest BCUT2D eigenvalue weighted by atomic mass is 10.0. The van der Waals surface area contributed by atoms with Crippen LogP contribution in [-0.2, 0) is 9.47 Å². The molecule has 3 heteroatoms. The molecule has 0 aromatic carbocycles. The molecule has 2 aliphatic rings. The second-order valence-electron chi connectivity index (χ2n) is 5.03. The molecule has 2 rings (SSSR count). The molecule has 88 valence electrons. The molecule has 0 bridgehead atoms. The second kappa shape index (κ2) is 4.81. The van der Waals surface area contributed by atoms with E-state index in [1.807, 2.05) is 0 Å². The van der Waals surface area contributed by atoms with Gasteiger partial charge in [-0.1, -0.05) is 0 Å². The Labute approximate surface area is 92.7 Å². The summed E-state index contributed by atoms with van der Waals surface area (Å²) < 4.78 is 11.0. The predicted octanol–water partition coefficient (Wildman–Crippen LogP) is 1.87. The summed E-state index contributed by atoms with van der Waals surface area (Å²) in [4.78, 5) is 2.48. The third-order valence-corrected chi connectivity index (χ3v) is 3.68. The summed E-state index contributed by atoms with van der Waals surface area (Å²) in [7, 11) is 3.96. The minimum atomic E-state index is 0.0191. The smallest absolute Gasteiger partial charge is 0.157 e. The average molecular weight is 213 g/mol. The van der Waals surface area contributed by atoms with E-state index in [1.165, 1.54) is 25.8 Å². The Morgan fingerprint density at radius 1 is 1.27 bits per heavy atom. The zero-order valence-corrected chi connectivity index (χ0v) is 10.1. The lowest BCUT2D eigenvalue weighted by Crippen LogP contribution is -2.47. The van der Waals surface area contributed by atoms with Gasteiger partial charge in [-0.2, -0.15) is 0 Å². The summed E-state index contributed by atoms with van der Waals surface area (Å²) in [6.45, 7) is 3.41. The van der Waals surface area contributed by atoms with Crippen LogP contribution in [0.2, 0.25) is 0 Å². The van der Waals surface area contributed by atoms with E-state index in [0.717, 1.165) is 12.3 Å². The predicted molar refractivity (Wildman–Crippen MR) is 59.7 cm³/mol. The van der Waals surface area contributed by atoms with E-state index in [4.69, 9.17) is 9.47 Å². The van der Waals surface area contributed by atoms with Crippen molar-refractivity contribution >= 4 is 0 Å². The van der Waals surface area contributed by atoms with Crippen LogP contribution in [0.5, 0.6) is 0 Å². The van der Waals surface area contributed by atoms with Crippen LogP contribution >= 0.6 is 0 Å². The third-order valence-electron chi connectivity index (χ3n) is 3.68. The summed E-state index contributed by atoms with van der Waals surface area (Å²) in [6.07, 6.45) is 5.39. The average Bonchev–Trinajstić information content (AvgIpc) is 3.01. The fourth-order valence-corrected chi connectivity index (χ4v) is 2.53. The van der Waals surface area contributed by atoms with Crippen LogP contribution in [0, 0.1) is 5.92 Å². The molecule has 0 amide bonds. The van der Waals surface area contributed by atoms with Crippen molar-refractivity contribution in [1.82, 2.24) is 4.90 Å². The topological polar surface area (TPSA) is 21.7 Å². The van der Waals surface area contributed by atoms with Gasteiger partial charge in [0.1, 0.15) is 0 Å². The molecule has 0 spiro atoms. The molecule has 0 radical (unpaired) electrons. The van der Waals surface area contributed by atoms with Crippen molar-refractivity contribution in [2.24, 2.45) is 5.92 Å². The molecule has 1 saturated heterocycles. The molecule has 15 heavy (non-hydrogen) atoms. The summed E-state index contributed by atoms with van der Waals surface area (Å²) in [5, 5.41) is 0. The third kappa shape index (κ3) is 2.92. The van der Waals surface area contributed by atoms with Crippen LogP contribution in [0.3, 0.4) is 0 Å². The van der Waals surface area contributed by atoms with Crippen molar-refractivity contribution in [3.05, 3.63) is 0 Å². The Balaban J connectivity index is 1.81. The first-order chi connectivity index (χ1) is 7.20. The minimum absolute atomic E-state index is 0.0191. The maximum absolute atomic E-state index is 5.81. The lowest BCUT2D eigenvalue weighted by molar-refractivity contribution is -0.194. The van der Waals surface area contributed by atoms with E-state index in [9.17, 15) is 0 Å². The van der Waals surface area contributed by atoms with Gasteiger partial charge >= 0.3 is 0 Å². The van der Waals surface area contributed by atoms with Gasteiger partial charge in [-0.3, -0.25) is 0 Å². The normalized spacial score (nSPS) is 37.2. The number of hydrogen-bond donors (Lipinski definition) is 0. The van der Waals surface area contributed by atoms with Crippen LogP contribution in [0.25, 0.3) is 0 Å². The van der Waals surface area contributed by atoms with Gasteiger partial charge < -0.3 is 14.4 Å². The first kappa shape index (κ1) is 11.4. The van der Waals surface area contributed by atoms with Crippen molar-refractivity contribution in [3.8, 4) is 0 Å². The van der Waals surface area contributed by atoms with E-state index in [0.29, 0.717) is 12.1 Å². The molecule has 1 aliphatic heterocycles. The Hall–Kier alpha value is -0.120. The highest BCUT2D eigenvalue weighted by atomic mass is 16.7. The van der Waals surface area contributed by atoms with Crippen molar-refractivity contribution < 1.29 is 9.47 Å². The largest absolute Gasteiger partial charge is 0.356 e. The summed E-state index contributed by atoms with van der Waals surface area (Å²) in [5.41, 5.74) is 0. The zero-order valence-electron chi connectivity index (χ0n) is 10.1. The van der Waals surface area contributed by atoms with E-state index in [-0.39, 0.29) is 6.29 Å². The van der Waals surface area contributed by atoms with E-state index >= 15 is 0 Å². The highest BCUT2D eigenvalue weighted by molar-refractivity contribution is 4.84. The lowest BCUT2D eigenvalue weighted by Gasteiger charge is -2.39. The van der Waals surface area contributed by atoms with Crippen LogP contribution in [0.15, 0.2) is 0 Å². The highest BCUT2D eigenvalue weighted by Gasteiger charge is 2.33. The molecule has 1 saturated carbocycles. The number of nitrogens with zero attached hydrogens (tertiary/aromatic N) is 1. The number of methoxy groups -OCH3 is 1. The van der Waals surface area contributed by atoms with Crippen LogP contribution in [0.1, 0.15) is 32.6 Å². The molecule has 3 nitrogen and oxygen atoms in total. The number of hydrogen-bond acceptors (Lipinski definition) is 3. The monoisotopic (exact) mass is 213 g/mol. The van der Waals surface area contributed by atoms with Gasteiger partial charge in [0.25, 0.3) is 0 Å². The van der Waals surface area contributed by atoms with Gasteiger partial charge in [0, 0.05) is 19.7 Å². The van der Waals surface area contributed by atoms with Gasteiger partial charge in [0.15, 0.2) is 6.29 Å². The van der Waals surface area contributed by atoms with Crippen LogP contribution in [-0.4, -0.2) is 44.0 Å². The molecular weight excluding hydrogens is 190 g/mol. The molecule has 0 aromatic rings. The van der Waals surface area contributed by atoms with Crippen LogP contribution < -0.4 is 0 Å². The maximum atomic E-state index is 5.81. The minimum Gasteiger partial charge on any atom is -0.356 e. The Morgan fingerprint density at radius 3 is 2.53 bits per heavy atom. The first-order valence-corrected chi connectivity index (χ1v) is 6.09. The fraction of sp³-hybridized carbons (Fsp3) is 1.00. The molecule has 1 heterocycles. The van der Waals surface area contributed by atoms with Gasteiger partial charge in [0.05, 0.1) is 6.10 Å². The van der Waals surface area contributed by atoms with Crippen molar-refractivity contribution in [3.63, 3.8) is 0 Å². The first-order valence-electron chi connectivity index (χ1n) is 6.09. The fourth-order valence-electron chi connectivity index (χ4n) is 2.53. The number of rotatable bonds is 4. The van der Waals surface area contributed by atoms with Gasteiger partial charge in [-0.15, -0.1) is 0 Å². The number of likely N-dealkylation sites (N-methyl/N-ethyl adjacent to an activating group) is 1. The molecule has 3 atom stereocenters. The molecule has 0 aromatic heterocycles.